The van der Waals surface area contributed by atoms with Gasteiger partial charge in [-0.15, -0.1) is 0 Å². The Bertz CT molecular complexity index is 919. The maximum atomic E-state index is 12.2. The van der Waals surface area contributed by atoms with Gasteiger partial charge in [0.1, 0.15) is 48.8 Å². The van der Waals surface area contributed by atoms with Crippen molar-refractivity contribution in [3.8, 4) is 0 Å². The van der Waals surface area contributed by atoms with Gasteiger partial charge in [0, 0.05) is 6.42 Å². The van der Waals surface area contributed by atoms with Gasteiger partial charge in [-0.3, -0.25) is 4.79 Å². The van der Waals surface area contributed by atoms with Crippen LogP contribution >= 0.6 is 0 Å². The summed E-state index contributed by atoms with van der Waals surface area (Å²) in [6.45, 7) is 2.13. The fourth-order valence-corrected chi connectivity index (χ4v) is 5.62. The van der Waals surface area contributed by atoms with Gasteiger partial charge in [-0.05, 0) is 25.7 Å². The van der Waals surface area contributed by atoms with E-state index in [1.54, 1.807) is 13.0 Å². The van der Waals surface area contributed by atoms with Crippen LogP contribution in [0.3, 0.4) is 0 Å². The zero-order valence-electron chi connectivity index (χ0n) is 28.5. The fraction of sp³-hybridized carbons (Fsp3) is 0.853. The molecule has 2 rings (SSSR count). The van der Waals surface area contributed by atoms with E-state index in [0.29, 0.717) is 6.42 Å². The van der Waals surface area contributed by atoms with Gasteiger partial charge in [0.05, 0.1) is 32.0 Å². The number of unbranched alkanes of at least 4 members (excludes halogenated alkanes) is 9. The molecule has 48 heavy (non-hydrogen) atoms. The van der Waals surface area contributed by atoms with Crippen molar-refractivity contribution >= 4 is 5.91 Å². The number of aliphatic hydroxyl groups is 8. The SMILES string of the molecule is CCCCCCCCCC/C=C/CC/C=C/C(O)C(COC1OC(CO)C(OC2OC(CO)C(O)C(O)C2O)C(O)C1O)NC(=O)CC. The number of allylic oxidation sites excluding steroid dienone is 3. The molecule has 2 aliphatic rings. The Morgan fingerprint density at radius 1 is 0.729 bits per heavy atom. The molecule has 0 aromatic heterocycles. The van der Waals surface area contributed by atoms with Gasteiger partial charge in [0.2, 0.25) is 5.91 Å². The Labute approximate surface area is 284 Å². The van der Waals surface area contributed by atoms with Crippen molar-refractivity contribution in [3.05, 3.63) is 24.3 Å². The van der Waals surface area contributed by atoms with E-state index in [2.05, 4.69) is 24.4 Å². The molecule has 0 bridgehead atoms. The molecule has 0 radical (unpaired) electrons. The first-order valence-electron chi connectivity index (χ1n) is 17.6. The molecule has 2 fully saturated rings. The van der Waals surface area contributed by atoms with Gasteiger partial charge < -0.3 is 65.1 Å². The first-order valence-corrected chi connectivity index (χ1v) is 17.6. The molecule has 12 atom stereocenters. The lowest BCUT2D eigenvalue weighted by Crippen LogP contribution is -2.65. The second-order valence-corrected chi connectivity index (χ2v) is 12.6. The lowest BCUT2D eigenvalue weighted by molar-refractivity contribution is -0.359. The lowest BCUT2D eigenvalue weighted by atomic mass is 9.97. The van der Waals surface area contributed by atoms with E-state index in [1.165, 1.54) is 51.4 Å². The number of hydrogen-bond acceptors (Lipinski definition) is 13. The second kappa shape index (κ2) is 23.8. The van der Waals surface area contributed by atoms with E-state index >= 15 is 0 Å². The predicted molar refractivity (Wildman–Crippen MR) is 175 cm³/mol. The number of ether oxygens (including phenoxy) is 4. The molecule has 0 saturated carbocycles. The van der Waals surface area contributed by atoms with Crippen LogP contribution in [0.1, 0.15) is 90.9 Å². The summed E-state index contributed by atoms with van der Waals surface area (Å²) in [4.78, 5) is 12.2. The second-order valence-electron chi connectivity index (χ2n) is 12.6. The molecule has 2 aliphatic heterocycles. The van der Waals surface area contributed by atoms with E-state index in [1.807, 2.05) is 6.08 Å². The van der Waals surface area contributed by atoms with E-state index in [-0.39, 0.29) is 18.9 Å². The first-order chi connectivity index (χ1) is 23.1. The van der Waals surface area contributed by atoms with Gasteiger partial charge >= 0.3 is 0 Å². The third-order valence-corrected chi connectivity index (χ3v) is 8.70. The highest BCUT2D eigenvalue weighted by Gasteiger charge is 2.50. The summed E-state index contributed by atoms with van der Waals surface area (Å²) in [6, 6.07) is -0.921. The van der Waals surface area contributed by atoms with Crippen LogP contribution in [-0.4, -0.2) is 140 Å². The third kappa shape index (κ3) is 14.0. The molecule has 280 valence electrons. The maximum absolute atomic E-state index is 12.2. The quantitative estimate of drug-likeness (QED) is 0.0520. The Morgan fingerprint density at radius 2 is 1.31 bits per heavy atom. The van der Waals surface area contributed by atoms with Crippen LogP contribution in [0.5, 0.6) is 0 Å². The number of amides is 1. The predicted octanol–water partition coefficient (Wildman–Crippen LogP) is 0.306. The molecular formula is C34H61NO13. The van der Waals surface area contributed by atoms with Crippen molar-refractivity contribution in [1.29, 1.82) is 0 Å². The summed E-state index contributed by atoms with van der Waals surface area (Å²) in [5, 5.41) is 84.8. The lowest BCUT2D eigenvalue weighted by Gasteiger charge is -2.46. The average Bonchev–Trinajstić information content (AvgIpc) is 3.09. The summed E-state index contributed by atoms with van der Waals surface area (Å²) >= 11 is 0. The normalized spacial score (nSPS) is 32.5. The number of hydrogen-bond donors (Lipinski definition) is 9. The molecule has 0 spiro atoms. The molecule has 12 unspecified atom stereocenters. The fourth-order valence-electron chi connectivity index (χ4n) is 5.62. The smallest absolute Gasteiger partial charge is 0.220 e. The van der Waals surface area contributed by atoms with Crippen molar-refractivity contribution in [1.82, 2.24) is 5.32 Å². The van der Waals surface area contributed by atoms with Crippen molar-refractivity contribution in [2.24, 2.45) is 0 Å². The minimum atomic E-state index is -1.78. The van der Waals surface area contributed by atoms with Crippen LogP contribution in [0, 0.1) is 0 Å². The highest BCUT2D eigenvalue weighted by atomic mass is 16.7. The molecule has 0 aromatic rings. The van der Waals surface area contributed by atoms with Gasteiger partial charge in [0.25, 0.3) is 0 Å². The number of rotatable bonds is 23. The standard InChI is InChI=1S/C34H61NO13/c1-3-5-6-7-8-9-10-11-12-13-14-15-16-17-18-23(38)22(35-26(39)4-2)21-45-33-31(44)29(42)32(25(20-37)47-33)48-34-30(43)28(41)27(40)24(19-36)46-34/h13-14,17-18,22-25,27-34,36-38,40-44H,3-12,15-16,19-21H2,1-2H3,(H,35,39)/b14-13+,18-17+. The highest BCUT2D eigenvalue weighted by molar-refractivity contribution is 5.75. The monoisotopic (exact) mass is 691 g/mol. The Balaban J connectivity index is 1.86. The van der Waals surface area contributed by atoms with Gasteiger partial charge in [-0.25, -0.2) is 0 Å². The summed E-state index contributed by atoms with van der Waals surface area (Å²) < 4.78 is 22.2. The van der Waals surface area contributed by atoms with E-state index < -0.39 is 86.8 Å². The van der Waals surface area contributed by atoms with Crippen LogP contribution in [0.2, 0.25) is 0 Å². The zero-order chi connectivity index (χ0) is 35.5. The minimum Gasteiger partial charge on any atom is -0.394 e. The molecule has 2 heterocycles. The van der Waals surface area contributed by atoms with Crippen molar-refractivity contribution in [2.45, 2.75) is 164 Å². The number of carbonyl (C=O) groups excluding carboxylic acids is 1. The first kappa shape index (κ1) is 42.6. The van der Waals surface area contributed by atoms with Crippen molar-refractivity contribution in [3.63, 3.8) is 0 Å². The Morgan fingerprint density at radius 3 is 1.96 bits per heavy atom. The van der Waals surface area contributed by atoms with E-state index in [0.717, 1.165) is 12.8 Å². The van der Waals surface area contributed by atoms with Crippen molar-refractivity contribution < 1.29 is 64.6 Å². The van der Waals surface area contributed by atoms with Crippen LogP contribution < -0.4 is 5.32 Å². The minimum absolute atomic E-state index is 0.154. The van der Waals surface area contributed by atoms with Gasteiger partial charge in [-0.1, -0.05) is 83.1 Å². The molecule has 0 aliphatic carbocycles. The topological polar surface area (TPSA) is 228 Å². The van der Waals surface area contributed by atoms with Gasteiger partial charge in [-0.2, -0.15) is 0 Å². The molecule has 14 heteroatoms. The maximum Gasteiger partial charge on any atom is 0.220 e. The van der Waals surface area contributed by atoms with Gasteiger partial charge in [0.15, 0.2) is 12.6 Å². The zero-order valence-corrected chi connectivity index (χ0v) is 28.5. The number of carbonyl (C=O) groups is 1. The summed E-state index contributed by atoms with van der Waals surface area (Å²) in [6.07, 6.45) is 3.64. The molecule has 1 amide bonds. The van der Waals surface area contributed by atoms with Crippen LogP contribution in [0.15, 0.2) is 24.3 Å². The van der Waals surface area contributed by atoms with Crippen LogP contribution in [-0.2, 0) is 23.7 Å². The van der Waals surface area contributed by atoms with Crippen LogP contribution in [0.25, 0.3) is 0 Å². The number of nitrogens with one attached hydrogen (secondary N) is 1. The molecule has 9 N–H and O–H groups in total. The Hall–Kier alpha value is -1.53. The highest BCUT2D eigenvalue weighted by Crippen LogP contribution is 2.29. The van der Waals surface area contributed by atoms with Crippen molar-refractivity contribution in [2.75, 3.05) is 19.8 Å². The van der Waals surface area contributed by atoms with E-state index in [9.17, 15) is 45.6 Å². The summed E-state index contributed by atoms with van der Waals surface area (Å²) in [5.41, 5.74) is 0. The third-order valence-electron chi connectivity index (χ3n) is 8.70. The molecule has 14 nitrogen and oxygen atoms in total. The molecular weight excluding hydrogens is 630 g/mol. The molecule has 2 saturated heterocycles. The average molecular weight is 692 g/mol. The van der Waals surface area contributed by atoms with Crippen LogP contribution in [0.4, 0.5) is 0 Å². The summed E-state index contributed by atoms with van der Waals surface area (Å²) in [5.74, 6) is -0.341. The molecule has 0 aromatic carbocycles. The summed E-state index contributed by atoms with van der Waals surface area (Å²) in [7, 11) is 0. The number of aliphatic hydroxyl groups excluding tert-OH is 8. The largest absolute Gasteiger partial charge is 0.394 e. The van der Waals surface area contributed by atoms with E-state index in [4.69, 9.17) is 18.9 Å². The Kier molecular flexibility index (Phi) is 21.1.